The van der Waals surface area contributed by atoms with E-state index in [9.17, 15) is 0 Å². The molecule has 2 aliphatic rings. The van der Waals surface area contributed by atoms with Crippen LogP contribution in [0.4, 0.5) is 5.69 Å². The Kier molecular flexibility index (Phi) is 1.87. The molecule has 2 nitrogen and oxygen atoms in total. The van der Waals surface area contributed by atoms with E-state index in [-0.39, 0.29) is 0 Å². The van der Waals surface area contributed by atoms with Gasteiger partial charge in [0.15, 0.2) is 0 Å². The van der Waals surface area contributed by atoms with Gasteiger partial charge in [0.2, 0.25) is 0 Å². The third-order valence-corrected chi connectivity index (χ3v) is 3.43. The van der Waals surface area contributed by atoms with E-state index in [4.69, 9.17) is 0 Å². The minimum Gasteiger partial charge on any atom is -0.261 e. The zero-order valence-electron chi connectivity index (χ0n) is 7.78. The highest BCUT2D eigenvalue weighted by atomic mass is 79.9. The van der Waals surface area contributed by atoms with Gasteiger partial charge in [0.1, 0.15) is 4.62 Å². The molecule has 2 aliphatic heterocycles. The first-order valence-electron chi connectivity index (χ1n) is 4.95. The number of hydrazone groups is 1. The maximum atomic E-state index is 4.52. The van der Waals surface area contributed by atoms with Gasteiger partial charge in [0.25, 0.3) is 0 Å². The quantitative estimate of drug-likeness (QED) is 0.692. The Morgan fingerprint density at radius 1 is 1.36 bits per heavy atom. The number of para-hydroxylation sites is 1. The molecule has 1 unspecified atom stereocenters. The number of hydrogen-bond donors (Lipinski definition) is 0. The van der Waals surface area contributed by atoms with E-state index in [1.807, 2.05) is 0 Å². The van der Waals surface area contributed by atoms with E-state index in [2.05, 4.69) is 50.3 Å². The predicted octanol–water partition coefficient (Wildman–Crippen LogP) is 2.92. The van der Waals surface area contributed by atoms with Crippen molar-refractivity contribution in [2.24, 2.45) is 5.10 Å². The fraction of sp³-hybridized carbons (Fsp3) is 0.364. The number of nitrogens with zero attached hydrogens (tertiary/aromatic N) is 2. The smallest absolute Gasteiger partial charge is 0.106 e. The lowest BCUT2D eigenvalue weighted by atomic mass is 9.97. The molecule has 0 aliphatic carbocycles. The van der Waals surface area contributed by atoms with E-state index in [0.29, 0.717) is 6.04 Å². The van der Waals surface area contributed by atoms with Crippen molar-refractivity contribution in [2.45, 2.75) is 25.3 Å². The molecular formula is C11H11BrN2. The van der Waals surface area contributed by atoms with Crippen LogP contribution < -0.4 is 5.01 Å². The molecule has 3 rings (SSSR count). The summed E-state index contributed by atoms with van der Waals surface area (Å²) in [5, 5.41) is 6.69. The Hall–Kier alpha value is -0.830. The van der Waals surface area contributed by atoms with Gasteiger partial charge in [-0.05, 0) is 40.4 Å². The average molecular weight is 251 g/mol. The Labute approximate surface area is 91.7 Å². The van der Waals surface area contributed by atoms with Crippen molar-refractivity contribution in [1.29, 1.82) is 0 Å². The van der Waals surface area contributed by atoms with Crippen LogP contribution in [0.5, 0.6) is 0 Å². The lowest BCUT2D eigenvalue weighted by Gasteiger charge is -2.30. The zero-order chi connectivity index (χ0) is 9.54. The number of halogens is 1. The molecule has 0 amide bonds. The van der Waals surface area contributed by atoms with Gasteiger partial charge < -0.3 is 0 Å². The van der Waals surface area contributed by atoms with Gasteiger partial charge in [0, 0.05) is 6.42 Å². The second-order valence-electron chi connectivity index (χ2n) is 3.85. The van der Waals surface area contributed by atoms with E-state index in [1.54, 1.807) is 0 Å². The third kappa shape index (κ3) is 1.19. The van der Waals surface area contributed by atoms with E-state index >= 15 is 0 Å². The van der Waals surface area contributed by atoms with Gasteiger partial charge in [-0.25, -0.2) is 0 Å². The lowest BCUT2D eigenvalue weighted by molar-refractivity contribution is 0.580. The topological polar surface area (TPSA) is 15.6 Å². The summed E-state index contributed by atoms with van der Waals surface area (Å²) < 4.78 is 1.08. The van der Waals surface area contributed by atoms with Crippen molar-refractivity contribution in [2.75, 3.05) is 5.01 Å². The molecule has 1 atom stereocenters. The first-order valence-corrected chi connectivity index (χ1v) is 5.74. The monoisotopic (exact) mass is 250 g/mol. The van der Waals surface area contributed by atoms with Gasteiger partial charge in [-0.15, -0.1) is 0 Å². The standard InChI is InChI=1S/C11H11BrN2/c12-11-7-9-6-5-8-3-1-2-4-10(8)14(9)13-11/h1-4,9H,5-7H2. The number of aryl methyl sites for hydroxylation is 1. The van der Waals surface area contributed by atoms with Gasteiger partial charge in [0.05, 0.1) is 11.7 Å². The first kappa shape index (κ1) is 8.48. The summed E-state index contributed by atoms with van der Waals surface area (Å²) in [7, 11) is 0. The molecule has 0 fully saturated rings. The highest BCUT2D eigenvalue weighted by Crippen LogP contribution is 2.35. The average Bonchev–Trinajstić information content (AvgIpc) is 2.59. The van der Waals surface area contributed by atoms with Crippen molar-refractivity contribution in [3.63, 3.8) is 0 Å². The summed E-state index contributed by atoms with van der Waals surface area (Å²) in [6.07, 6.45) is 3.47. The van der Waals surface area contributed by atoms with Crippen molar-refractivity contribution in [3.05, 3.63) is 29.8 Å². The largest absolute Gasteiger partial charge is 0.261 e. The molecule has 0 saturated carbocycles. The second kappa shape index (κ2) is 3.09. The Morgan fingerprint density at radius 2 is 2.21 bits per heavy atom. The van der Waals surface area contributed by atoms with Crippen molar-refractivity contribution < 1.29 is 0 Å². The summed E-state index contributed by atoms with van der Waals surface area (Å²) in [6.45, 7) is 0. The number of hydrogen-bond acceptors (Lipinski definition) is 2. The van der Waals surface area contributed by atoms with E-state index in [0.717, 1.165) is 11.0 Å². The van der Waals surface area contributed by atoms with Crippen LogP contribution in [-0.2, 0) is 6.42 Å². The van der Waals surface area contributed by atoms with Crippen molar-refractivity contribution >= 4 is 26.2 Å². The Morgan fingerprint density at radius 3 is 3.14 bits per heavy atom. The summed E-state index contributed by atoms with van der Waals surface area (Å²) in [5.41, 5.74) is 2.72. The van der Waals surface area contributed by atoms with Crippen LogP contribution in [0.2, 0.25) is 0 Å². The van der Waals surface area contributed by atoms with E-state index in [1.165, 1.54) is 24.1 Å². The fourth-order valence-corrected chi connectivity index (χ4v) is 2.81. The van der Waals surface area contributed by atoms with Crippen LogP contribution in [0, 0.1) is 0 Å². The minimum atomic E-state index is 0.583. The molecule has 0 bridgehead atoms. The fourth-order valence-electron chi connectivity index (χ4n) is 2.26. The molecule has 1 aromatic rings. The molecular weight excluding hydrogens is 240 g/mol. The second-order valence-corrected chi connectivity index (χ2v) is 4.76. The summed E-state index contributed by atoms with van der Waals surface area (Å²) >= 11 is 3.49. The SMILES string of the molecule is BrC1=NN2c3ccccc3CCC2C1. The predicted molar refractivity (Wildman–Crippen MR) is 62.0 cm³/mol. The molecule has 14 heavy (non-hydrogen) atoms. The number of fused-ring (bicyclic) bond motifs is 3. The molecule has 0 radical (unpaired) electrons. The van der Waals surface area contributed by atoms with Gasteiger partial charge >= 0.3 is 0 Å². The van der Waals surface area contributed by atoms with Gasteiger partial charge in [-0.2, -0.15) is 5.10 Å². The number of anilines is 1. The first-order chi connectivity index (χ1) is 6.84. The summed E-state index contributed by atoms with van der Waals surface area (Å²) in [6, 6.07) is 9.14. The van der Waals surface area contributed by atoms with Crippen LogP contribution in [0.1, 0.15) is 18.4 Å². The molecule has 1 aromatic carbocycles. The van der Waals surface area contributed by atoms with Crippen LogP contribution >= 0.6 is 15.9 Å². The zero-order valence-corrected chi connectivity index (χ0v) is 9.37. The normalized spacial score (nSPS) is 24.2. The maximum Gasteiger partial charge on any atom is 0.106 e. The molecule has 0 spiro atoms. The highest BCUT2D eigenvalue weighted by molar-refractivity contribution is 9.18. The molecule has 0 aromatic heterocycles. The molecule has 2 heterocycles. The molecule has 0 N–H and O–H groups in total. The Bertz CT molecular complexity index is 400. The van der Waals surface area contributed by atoms with Gasteiger partial charge in [-0.3, -0.25) is 5.01 Å². The highest BCUT2D eigenvalue weighted by Gasteiger charge is 2.31. The number of benzene rings is 1. The van der Waals surface area contributed by atoms with Crippen LogP contribution in [-0.4, -0.2) is 10.7 Å². The van der Waals surface area contributed by atoms with Crippen LogP contribution in [0.25, 0.3) is 0 Å². The molecule has 0 saturated heterocycles. The maximum absolute atomic E-state index is 4.52. The van der Waals surface area contributed by atoms with Crippen LogP contribution in [0.15, 0.2) is 29.4 Å². The Balaban J connectivity index is 2.08. The molecule has 72 valence electrons. The molecule has 3 heteroatoms. The van der Waals surface area contributed by atoms with Crippen molar-refractivity contribution in [3.8, 4) is 0 Å². The van der Waals surface area contributed by atoms with Gasteiger partial charge in [-0.1, -0.05) is 18.2 Å². The number of rotatable bonds is 0. The van der Waals surface area contributed by atoms with Crippen molar-refractivity contribution in [1.82, 2.24) is 0 Å². The lowest BCUT2D eigenvalue weighted by Crippen LogP contribution is -2.31. The summed E-state index contributed by atoms with van der Waals surface area (Å²) in [4.78, 5) is 0. The third-order valence-electron chi connectivity index (χ3n) is 2.95. The van der Waals surface area contributed by atoms with E-state index < -0.39 is 0 Å². The summed E-state index contributed by atoms with van der Waals surface area (Å²) in [5.74, 6) is 0. The minimum absolute atomic E-state index is 0.583. The van der Waals surface area contributed by atoms with Crippen LogP contribution in [0.3, 0.4) is 0 Å².